The van der Waals surface area contributed by atoms with Crippen LogP contribution in [0.15, 0.2) is 21.9 Å². The number of hydrogen-bond donors (Lipinski definition) is 3. The van der Waals surface area contributed by atoms with E-state index in [1.165, 1.54) is 0 Å². The van der Waals surface area contributed by atoms with Crippen LogP contribution in [0.5, 0.6) is 0 Å². The fraction of sp³-hybridized carbons (Fsp3) is 0.0541. The van der Waals surface area contributed by atoms with Gasteiger partial charge in [-0.05, 0) is 37.1 Å². The Balaban J connectivity index is 1.77. The lowest BCUT2D eigenvalue weighted by Gasteiger charge is -2.12. The van der Waals surface area contributed by atoms with Crippen LogP contribution in [-0.2, 0) is 30.9 Å². The first-order valence-electron chi connectivity index (χ1n) is 16.9. The van der Waals surface area contributed by atoms with E-state index < -0.39 is 206 Å². The Bertz CT molecular complexity index is 3500. The third-order valence-electron chi connectivity index (χ3n) is 9.94. The first kappa shape index (κ1) is 44.7. The van der Waals surface area contributed by atoms with Gasteiger partial charge in [-0.25, -0.2) is 87.7 Å². The van der Waals surface area contributed by atoms with Crippen LogP contribution < -0.4 is 0 Å². The van der Waals surface area contributed by atoms with Crippen LogP contribution in [0.3, 0.4) is 0 Å². The highest BCUT2D eigenvalue weighted by Crippen LogP contribution is 2.45. The number of nitrogens with one attached hydrogen (secondary N) is 3. The minimum Gasteiger partial charge on any atom is -0.361 e. The number of H-pyrrole nitrogens is 3. The summed E-state index contributed by atoms with van der Waals surface area (Å²) < 4.78 is 280. The Morgan fingerprint density at radius 3 is 1.12 bits per heavy atom. The summed E-state index contributed by atoms with van der Waals surface area (Å²) in [6, 6.07) is 0.721. The van der Waals surface area contributed by atoms with Crippen LogP contribution in [-0.4, -0.2) is 36.8 Å². The topological polar surface area (TPSA) is 129 Å². The molecule has 64 heavy (non-hydrogen) atoms. The summed E-state index contributed by atoms with van der Waals surface area (Å²) in [7, 11) is 0.663. The molecule has 3 aromatic heterocycles. The number of fused-ring (bicyclic) bond motifs is 9. The Morgan fingerprint density at radius 2 is 0.703 bits per heavy atom. The van der Waals surface area contributed by atoms with Crippen molar-refractivity contribution in [2.75, 3.05) is 0 Å². The molecule has 0 amide bonds. The maximum absolute atomic E-state index is 15.8. The van der Waals surface area contributed by atoms with Crippen molar-refractivity contribution in [1.82, 2.24) is 19.9 Å². The largest absolute Gasteiger partial charge is 0.361 e. The van der Waals surface area contributed by atoms with E-state index >= 15 is 26.3 Å². The van der Waals surface area contributed by atoms with Gasteiger partial charge in [-0.3, -0.25) is 0 Å². The van der Waals surface area contributed by atoms with Crippen molar-refractivity contribution in [1.29, 1.82) is 0 Å². The molecule has 8 bridgehead atoms. The van der Waals surface area contributed by atoms with Crippen molar-refractivity contribution in [2.45, 2.75) is 22.6 Å². The number of nitrogens with zero attached hydrogens (tertiary/aromatic N) is 1. The molecule has 0 spiro atoms. The van der Waals surface area contributed by atoms with E-state index in [9.17, 15) is 56.3 Å². The third-order valence-corrected chi connectivity index (χ3v) is 12.6. The second-order valence-electron chi connectivity index (χ2n) is 13.5. The van der Waals surface area contributed by atoms with Gasteiger partial charge in [0.15, 0.2) is 69.8 Å². The van der Waals surface area contributed by atoms with E-state index in [2.05, 4.69) is 19.9 Å². The zero-order valence-electron chi connectivity index (χ0n) is 30.0. The molecule has 3 aromatic carbocycles. The second-order valence-corrected chi connectivity index (χ2v) is 18.5. The van der Waals surface area contributed by atoms with Gasteiger partial charge in [-0.15, -0.1) is 0 Å². The minimum atomic E-state index is -5.39. The number of aromatic amines is 3. The van der Waals surface area contributed by atoms with Crippen molar-refractivity contribution in [3.63, 3.8) is 0 Å². The lowest BCUT2D eigenvalue weighted by Crippen LogP contribution is -2.06. The van der Waals surface area contributed by atoms with E-state index in [4.69, 9.17) is 21.4 Å². The van der Waals surface area contributed by atoms with E-state index in [1.807, 2.05) is 0 Å². The third kappa shape index (κ3) is 6.64. The quantitative estimate of drug-likeness (QED) is 0.0685. The van der Waals surface area contributed by atoms with Crippen LogP contribution in [0.2, 0.25) is 0 Å². The molecule has 3 N–H and O–H groups in total. The van der Waals surface area contributed by atoms with Gasteiger partial charge in [0.25, 0.3) is 18.1 Å². The van der Waals surface area contributed by atoms with Gasteiger partial charge in [-0.1, -0.05) is 0 Å². The fourth-order valence-electron chi connectivity index (χ4n) is 7.22. The fourth-order valence-corrected chi connectivity index (χ4v) is 9.27. The summed E-state index contributed by atoms with van der Waals surface area (Å²) in [5, 5.41) is 0. The van der Waals surface area contributed by atoms with Gasteiger partial charge in [0.05, 0.1) is 50.1 Å². The molecule has 2 aliphatic heterocycles. The molecule has 334 valence electrons. The average Bonchev–Trinajstić information content (AvgIpc) is 4.07. The number of aromatic nitrogens is 4. The molecule has 8 nitrogen and oxygen atoms in total. The standard InChI is InChI=1S/C37H11Cl2F15N4O4S2/c38-63(59,60)13-5-11-16(19-23(42)29(48)34(53)30(49)24(19)43)9-2-1-7(55-9)15(18-21(40)27(46)33(52)28(47)22(18)41)8-3-4-10(56-8)17(20-25(44)31(50)35(54)32(51)26(20)45)37-14(64(39,61)62)6-12(58-37)36(13)57-11/h1-2,5-6,56-58H,3-4H2. The van der Waals surface area contributed by atoms with Gasteiger partial charge >= 0.3 is 0 Å². The first-order valence-corrected chi connectivity index (χ1v) is 21.6. The van der Waals surface area contributed by atoms with Crippen molar-refractivity contribution >= 4 is 73.7 Å². The summed E-state index contributed by atoms with van der Waals surface area (Å²) in [4.78, 5) is 7.99. The highest BCUT2D eigenvalue weighted by Gasteiger charge is 2.36. The number of halogens is 17. The van der Waals surface area contributed by atoms with Crippen molar-refractivity contribution < 1.29 is 82.7 Å². The Labute approximate surface area is 353 Å². The highest BCUT2D eigenvalue weighted by molar-refractivity contribution is 8.14. The molecule has 8 rings (SSSR count). The zero-order chi connectivity index (χ0) is 47.0. The van der Waals surface area contributed by atoms with E-state index in [0.29, 0.717) is 24.3 Å². The summed E-state index contributed by atoms with van der Waals surface area (Å²) in [5.74, 6) is -39.6. The second kappa shape index (κ2) is 15.1. The van der Waals surface area contributed by atoms with E-state index in [1.54, 1.807) is 0 Å². The average molecular weight is 996 g/mol. The molecule has 0 fully saturated rings. The van der Waals surface area contributed by atoms with Crippen molar-refractivity contribution in [3.05, 3.63) is 122 Å². The van der Waals surface area contributed by atoms with Crippen LogP contribution in [0.25, 0.3) is 67.6 Å². The van der Waals surface area contributed by atoms with Gasteiger partial charge in [0.2, 0.25) is 17.5 Å². The molecule has 27 heteroatoms. The lowest BCUT2D eigenvalue weighted by atomic mass is 9.98. The minimum absolute atomic E-state index is 0.346. The van der Waals surface area contributed by atoms with Gasteiger partial charge in [0, 0.05) is 49.4 Å². The SMILES string of the molecule is O=S(=O)(Cl)c1cc2[nH]c1c(-c1c(F)c(F)c(F)c(F)c1F)c1[nH]c(c(-c3c(F)c(F)c(F)c(F)c3F)c3nc(c(-c4c(F)c(F)c(F)c(F)c4F)c4cc(S(=O)(=O)Cl)c2[nH]4)C=C3)CC1. The zero-order valence-corrected chi connectivity index (χ0v) is 33.2. The van der Waals surface area contributed by atoms with Crippen molar-refractivity contribution in [3.8, 4) is 33.4 Å². The molecule has 0 saturated carbocycles. The maximum atomic E-state index is 15.8. The smallest absolute Gasteiger partial charge is 0.263 e. The van der Waals surface area contributed by atoms with Gasteiger partial charge in [0.1, 0.15) is 9.79 Å². The molecule has 0 radical (unpaired) electrons. The normalized spacial score (nSPS) is 13.1. The maximum Gasteiger partial charge on any atom is 0.263 e. The van der Waals surface area contributed by atoms with Crippen LogP contribution in [0, 0.1) is 87.3 Å². The highest BCUT2D eigenvalue weighted by atomic mass is 35.7. The van der Waals surface area contributed by atoms with Gasteiger partial charge < -0.3 is 15.0 Å². The molecular formula is C37H11Cl2F15N4O4S2. The van der Waals surface area contributed by atoms with Gasteiger partial charge in [-0.2, -0.15) is 0 Å². The molecule has 2 aliphatic rings. The monoisotopic (exact) mass is 994 g/mol. The Hall–Kier alpha value is -5.92. The predicted molar refractivity (Wildman–Crippen MR) is 196 cm³/mol. The van der Waals surface area contributed by atoms with Crippen LogP contribution in [0.1, 0.15) is 22.8 Å². The summed E-state index contributed by atoms with van der Waals surface area (Å²) in [6.45, 7) is 0. The van der Waals surface area contributed by atoms with Crippen LogP contribution in [0.4, 0.5) is 65.9 Å². The molecular weight excluding hydrogens is 984 g/mol. The predicted octanol–water partition coefficient (Wildman–Crippen LogP) is 11.1. The molecule has 0 unspecified atom stereocenters. The summed E-state index contributed by atoms with van der Waals surface area (Å²) in [6.07, 6.45) is -0.446. The molecule has 5 heterocycles. The lowest BCUT2D eigenvalue weighted by molar-refractivity contribution is 0.381. The Kier molecular flexibility index (Phi) is 10.5. The number of hydrogen-bond acceptors (Lipinski definition) is 5. The molecule has 0 aliphatic carbocycles. The number of benzene rings is 3. The van der Waals surface area contributed by atoms with Crippen LogP contribution >= 0.6 is 21.4 Å². The van der Waals surface area contributed by atoms with E-state index in [-0.39, 0.29) is 0 Å². The first-order chi connectivity index (χ1) is 29.8. The summed E-state index contributed by atoms with van der Waals surface area (Å²) in [5.41, 5.74) is -17.6. The number of aryl methyl sites for hydroxylation is 2. The van der Waals surface area contributed by atoms with E-state index in [0.717, 1.165) is 0 Å². The van der Waals surface area contributed by atoms with Crippen molar-refractivity contribution in [2.24, 2.45) is 0 Å². The molecule has 0 atom stereocenters. The Morgan fingerprint density at radius 1 is 0.391 bits per heavy atom. The summed E-state index contributed by atoms with van der Waals surface area (Å²) >= 11 is 0. The molecule has 0 saturated heterocycles. The number of rotatable bonds is 5. The molecule has 6 aromatic rings.